The smallest absolute Gasteiger partial charge is 0.338 e. The normalized spacial score (nSPS) is 15.7. The number of urea groups is 1. The first-order chi connectivity index (χ1) is 14.0. The van der Waals surface area contributed by atoms with E-state index >= 15 is 0 Å². The van der Waals surface area contributed by atoms with Crippen molar-refractivity contribution in [3.05, 3.63) is 53.6 Å². The van der Waals surface area contributed by atoms with Crippen LogP contribution in [0.15, 0.2) is 42.5 Å². The highest BCUT2D eigenvalue weighted by atomic mass is 32.2. The molecule has 1 N–H and O–H groups in total. The predicted molar refractivity (Wildman–Crippen MR) is 113 cm³/mol. The molecule has 2 aromatic rings. The molecular weight excluding hydrogens is 392 g/mol. The largest absolute Gasteiger partial charge is 0.497 e. The first-order valence-electron chi connectivity index (χ1n) is 9.25. The van der Waals surface area contributed by atoms with Crippen molar-refractivity contribution in [2.45, 2.75) is 12.3 Å². The number of rotatable bonds is 6. The summed E-state index contributed by atoms with van der Waals surface area (Å²) in [5.41, 5.74) is 2.00. The van der Waals surface area contributed by atoms with E-state index in [0.717, 1.165) is 11.3 Å². The number of benzene rings is 2. The summed E-state index contributed by atoms with van der Waals surface area (Å²) in [6.07, 6.45) is 0. The maximum absolute atomic E-state index is 12.9. The molecule has 8 heteroatoms. The van der Waals surface area contributed by atoms with Gasteiger partial charge >= 0.3 is 12.0 Å². The van der Waals surface area contributed by atoms with Crippen molar-refractivity contribution in [2.24, 2.45) is 0 Å². The summed E-state index contributed by atoms with van der Waals surface area (Å²) in [4.78, 5) is 26.4. The summed E-state index contributed by atoms with van der Waals surface area (Å²) in [6.45, 7) is 2.71. The molecule has 0 bridgehead atoms. The second kappa shape index (κ2) is 9.56. The topological polar surface area (TPSA) is 77.1 Å². The SMILES string of the molecule is CCOC(=O)c1ccc(NC(=O)N2CCSC2c2cc(OC)cc(OC)c2)cc1. The zero-order valence-corrected chi connectivity index (χ0v) is 17.5. The van der Waals surface area contributed by atoms with E-state index in [1.165, 1.54) is 0 Å². The number of carbonyl (C=O) groups is 2. The number of thioether (sulfide) groups is 1. The molecule has 2 aromatic carbocycles. The van der Waals surface area contributed by atoms with Gasteiger partial charge < -0.3 is 24.4 Å². The van der Waals surface area contributed by atoms with Crippen molar-refractivity contribution >= 4 is 29.4 Å². The Bertz CT molecular complexity index is 850. The first-order valence-corrected chi connectivity index (χ1v) is 10.3. The lowest BCUT2D eigenvalue weighted by Crippen LogP contribution is -2.34. The van der Waals surface area contributed by atoms with Crippen LogP contribution in [-0.4, -0.2) is 50.0 Å². The van der Waals surface area contributed by atoms with Crippen LogP contribution in [0.25, 0.3) is 0 Å². The number of hydrogen-bond donors (Lipinski definition) is 1. The maximum Gasteiger partial charge on any atom is 0.338 e. The zero-order valence-electron chi connectivity index (χ0n) is 16.6. The van der Waals surface area contributed by atoms with Crippen LogP contribution in [0.2, 0.25) is 0 Å². The van der Waals surface area contributed by atoms with Crippen molar-refractivity contribution in [2.75, 3.05) is 38.4 Å². The highest BCUT2D eigenvalue weighted by Gasteiger charge is 2.31. The standard InChI is InChI=1S/C21H24N2O5S/c1-4-28-20(24)14-5-7-16(8-6-14)22-21(25)23-9-10-29-19(23)15-11-17(26-2)13-18(12-15)27-3/h5-8,11-13,19H,4,9-10H2,1-3H3,(H,22,25). The molecule has 1 heterocycles. The third-order valence-electron chi connectivity index (χ3n) is 4.46. The van der Waals surface area contributed by atoms with E-state index in [1.807, 2.05) is 12.1 Å². The van der Waals surface area contributed by atoms with Crippen LogP contribution < -0.4 is 14.8 Å². The molecule has 1 unspecified atom stereocenters. The number of nitrogens with one attached hydrogen (secondary N) is 1. The van der Waals surface area contributed by atoms with Crippen LogP contribution in [0.4, 0.5) is 10.5 Å². The van der Waals surface area contributed by atoms with Gasteiger partial charge in [0.05, 0.1) is 26.4 Å². The molecule has 0 radical (unpaired) electrons. The van der Waals surface area contributed by atoms with Gasteiger partial charge in [-0.05, 0) is 48.9 Å². The molecule has 1 aliphatic rings. The van der Waals surface area contributed by atoms with Crippen LogP contribution in [0.1, 0.15) is 28.2 Å². The van der Waals surface area contributed by atoms with Crippen molar-refractivity contribution in [3.8, 4) is 11.5 Å². The highest BCUT2D eigenvalue weighted by molar-refractivity contribution is 7.99. The number of carbonyl (C=O) groups excluding carboxylic acids is 2. The van der Waals surface area contributed by atoms with E-state index in [-0.39, 0.29) is 17.4 Å². The molecule has 1 fully saturated rings. The van der Waals surface area contributed by atoms with Gasteiger partial charge in [0.25, 0.3) is 0 Å². The number of ether oxygens (including phenoxy) is 3. The van der Waals surface area contributed by atoms with Gasteiger partial charge in [0, 0.05) is 24.1 Å². The summed E-state index contributed by atoms with van der Waals surface area (Å²) in [5, 5.41) is 2.76. The minimum absolute atomic E-state index is 0.141. The molecule has 3 rings (SSSR count). The Morgan fingerprint density at radius 1 is 1.10 bits per heavy atom. The summed E-state index contributed by atoms with van der Waals surface area (Å²) < 4.78 is 15.7. The quantitative estimate of drug-likeness (QED) is 0.713. The fraction of sp³-hybridized carbons (Fsp3) is 0.333. The summed E-state index contributed by atoms with van der Waals surface area (Å²) in [5.74, 6) is 1.82. The molecule has 2 amide bonds. The number of nitrogens with zero attached hydrogens (tertiary/aromatic N) is 1. The fourth-order valence-corrected chi connectivity index (χ4v) is 4.26. The Balaban J connectivity index is 1.73. The molecule has 1 atom stereocenters. The highest BCUT2D eigenvalue weighted by Crippen LogP contribution is 2.40. The molecule has 0 saturated carbocycles. The van der Waals surface area contributed by atoms with Crippen LogP contribution in [0.5, 0.6) is 11.5 Å². The Morgan fingerprint density at radius 2 is 1.76 bits per heavy atom. The van der Waals surface area contributed by atoms with E-state index in [4.69, 9.17) is 14.2 Å². The Hall–Kier alpha value is -2.87. The monoisotopic (exact) mass is 416 g/mol. The van der Waals surface area contributed by atoms with Gasteiger partial charge in [0.2, 0.25) is 0 Å². The van der Waals surface area contributed by atoms with Gasteiger partial charge in [-0.25, -0.2) is 9.59 Å². The lowest BCUT2D eigenvalue weighted by Gasteiger charge is -2.25. The molecule has 29 heavy (non-hydrogen) atoms. The molecule has 154 valence electrons. The molecular formula is C21H24N2O5S. The van der Waals surface area contributed by atoms with E-state index in [1.54, 1.807) is 68.1 Å². The predicted octanol–water partition coefficient (Wildman–Crippen LogP) is 4.16. The van der Waals surface area contributed by atoms with E-state index in [0.29, 0.717) is 35.9 Å². The fourth-order valence-electron chi connectivity index (χ4n) is 3.03. The average molecular weight is 416 g/mol. The summed E-state index contributed by atoms with van der Waals surface area (Å²) in [7, 11) is 3.20. The van der Waals surface area contributed by atoms with Gasteiger partial charge in [0.15, 0.2) is 0 Å². The second-order valence-electron chi connectivity index (χ2n) is 6.29. The maximum atomic E-state index is 12.9. The number of amides is 2. The van der Waals surface area contributed by atoms with Crippen LogP contribution in [0, 0.1) is 0 Å². The van der Waals surface area contributed by atoms with Crippen molar-refractivity contribution in [1.82, 2.24) is 4.90 Å². The molecule has 0 spiro atoms. The Morgan fingerprint density at radius 3 is 2.34 bits per heavy atom. The number of anilines is 1. The molecule has 0 aliphatic carbocycles. The minimum Gasteiger partial charge on any atom is -0.497 e. The minimum atomic E-state index is -0.381. The molecule has 7 nitrogen and oxygen atoms in total. The third kappa shape index (κ3) is 4.95. The lowest BCUT2D eigenvalue weighted by atomic mass is 10.2. The second-order valence-corrected chi connectivity index (χ2v) is 7.48. The van der Waals surface area contributed by atoms with Gasteiger partial charge in [-0.15, -0.1) is 11.8 Å². The summed E-state index contributed by atoms with van der Waals surface area (Å²) >= 11 is 1.69. The number of methoxy groups -OCH3 is 2. The molecule has 1 saturated heterocycles. The molecule has 0 aromatic heterocycles. The van der Waals surface area contributed by atoms with E-state index in [9.17, 15) is 9.59 Å². The van der Waals surface area contributed by atoms with Crippen LogP contribution >= 0.6 is 11.8 Å². The Kier molecular flexibility index (Phi) is 6.87. The zero-order chi connectivity index (χ0) is 20.8. The van der Waals surface area contributed by atoms with Gasteiger partial charge in [-0.2, -0.15) is 0 Å². The van der Waals surface area contributed by atoms with Gasteiger partial charge in [-0.3, -0.25) is 0 Å². The van der Waals surface area contributed by atoms with Crippen LogP contribution in [-0.2, 0) is 4.74 Å². The van der Waals surface area contributed by atoms with Crippen LogP contribution in [0.3, 0.4) is 0 Å². The lowest BCUT2D eigenvalue weighted by molar-refractivity contribution is 0.0526. The molecule has 1 aliphatic heterocycles. The summed E-state index contributed by atoms with van der Waals surface area (Å²) in [6, 6.07) is 12.1. The van der Waals surface area contributed by atoms with E-state index < -0.39 is 0 Å². The van der Waals surface area contributed by atoms with Crippen molar-refractivity contribution in [1.29, 1.82) is 0 Å². The first kappa shape index (κ1) is 20.9. The van der Waals surface area contributed by atoms with Gasteiger partial charge in [-0.1, -0.05) is 0 Å². The third-order valence-corrected chi connectivity index (χ3v) is 5.72. The number of esters is 1. The van der Waals surface area contributed by atoms with Crippen molar-refractivity contribution in [3.63, 3.8) is 0 Å². The van der Waals surface area contributed by atoms with Gasteiger partial charge in [0.1, 0.15) is 16.9 Å². The van der Waals surface area contributed by atoms with E-state index in [2.05, 4.69) is 5.32 Å². The van der Waals surface area contributed by atoms with Crippen molar-refractivity contribution < 1.29 is 23.8 Å². The Labute approximate surface area is 174 Å². The number of hydrogen-bond acceptors (Lipinski definition) is 6. The average Bonchev–Trinajstić information content (AvgIpc) is 3.24.